The van der Waals surface area contributed by atoms with E-state index in [0.29, 0.717) is 18.9 Å². The summed E-state index contributed by atoms with van der Waals surface area (Å²) in [6.45, 7) is 2.59. The Kier molecular flexibility index (Phi) is 6.92. The normalized spacial score (nSPS) is 14.7. The number of nitrogens with one attached hydrogen (secondary N) is 3. The lowest BCUT2D eigenvalue weighted by Crippen LogP contribution is -2.28. The molecule has 0 unspecified atom stereocenters. The molecule has 0 atom stereocenters. The molecule has 3 rings (SSSR count). The zero-order valence-corrected chi connectivity index (χ0v) is 15.4. The third-order valence-corrected chi connectivity index (χ3v) is 4.66. The van der Waals surface area contributed by atoms with Gasteiger partial charge in [0, 0.05) is 13.0 Å². The zero-order valence-electron chi connectivity index (χ0n) is 15.4. The van der Waals surface area contributed by atoms with Gasteiger partial charge in [-0.05, 0) is 43.8 Å². The van der Waals surface area contributed by atoms with Gasteiger partial charge < -0.3 is 10.6 Å². The number of piperidine rings is 1. The molecule has 144 valence electrons. The number of amides is 2. The van der Waals surface area contributed by atoms with Gasteiger partial charge in [-0.25, -0.2) is 9.67 Å². The lowest BCUT2D eigenvalue weighted by atomic mass is 9.93. The highest BCUT2D eigenvalue weighted by Crippen LogP contribution is 2.17. The Morgan fingerprint density at radius 1 is 1.15 bits per heavy atom. The summed E-state index contributed by atoms with van der Waals surface area (Å²) in [5.74, 6) is 0.601. The van der Waals surface area contributed by atoms with Gasteiger partial charge in [-0.15, -0.1) is 5.10 Å². The smallest absolute Gasteiger partial charge is 0.248 e. The molecule has 1 aromatic carbocycles. The lowest BCUT2D eigenvalue weighted by Gasteiger charge is -2.21. The van der Waals surface area contributed by atoms with E-state index in [9.17, 15) is 9.59 Å². The van der Waals surface area contributed by atoms with Crippen molar-refractivity contribution < 1.29 is 9.59 Å². The first-order valence-electron chi connectivity index (χ1n) is 9.39. The van der Waals surface area contributed by atoms with Gasteiger partial charge >= 0.3 is 0 Å². The van der Waals surface area contributed by atoms with Crippen molar-refractivity contribution in [2.24, 2.45) is 5.92 Å². The van der Waals surface area contributed by atoms with Gasteiger partial charge in [-0.2, -0.15) is 0 Å². The van der Waals surface area contributed by atoms with Crippen LogP contribution in [0.15, 0.2) is 36.7 Å². The molecule has 0 spiro atoms. The molecule has 8 nitrogen and oxygen atoms in total. The fraction of sp³-hybridized carbons (Fsp3) is 0.474. The van der Waals surface area contributed by atoms with Crippen molar-refractivity contribution in [3.05, 3.63) is 42.2 Å². The number of aromatic nitrogens is 3. The third kappa shape index (κ3) is 6.49. The molecule has 0 radical (unpaired) electrons. The van der Waals surface area contributed by atoms with Crippen molar-refractivity contribution in [1.29, 1.82) is 0 Å². The number of hydrogen-bond donors (Lipinski definition) is 3. The molecule has 2 aromatic rings. The van der Waals surface area contributed by atoms with Crippen molar-refractivity contribution in [3.63, 3.8) is 0 Å². The Morgan fingerprint density at radius 3 is 2.70 bits per heavy atom. The first-order valence-corrected chi connectivity index (χ1v) is 9.39. The lowest BCUT2D eigenvalue weighted by molar-refractivity contribution is -0.122. The van der Waals surface area contributed by atoms with Gasteiger partial charge in [0.1, 0.15) is 12.9 Å². The summed E-state index contributed by atoms with van der Waals surface area (Å²) in [7, 11) is 0. The number of benzene rings is 1. The SMILES string of the molecule is O=C(Cn1cnc(NC(=O)CCC2CCNCC2)n1)NCc1ccccc1. The number of hydrogen-bond acceptors (Lipinski definition) is 5. The van der Waals surface area contributed by atoms with E-state index in [4.69, 9.17) is 0 Å². The van der Waals surface area contributed by atoms with E-state index >= 15 is 0 Å². The molecule has 0 aliphatic carbocycles. The summed E-state index contributed by atoms with van der Waals surface area (Å²) in [4.78, 5) is 28.1. The number of carbonyl (C=O) groups is 2. The Hall–Kier alpha value is -2.74. The van der Waals surface area contributed by atoms with Crippen molar-refractivity contribution >= 4 is 17.8 Å². The quantitative estimate of drug-likeness (QED) is 0.650. The summed E-state index contributed by atoms with van der Waals surface area (Å²) in [5, 5.41) is 13.0. The highest BCUT2D eigenvalue weighted by molar-refractivity contribution is 5.88. The number of carbonyl (C=O) groups excluding carboxylic acids is 2. The predicted molar refractivity (Wildman–Crippen MR) is 102 cm³/mol. The molecule has 1 aliphatic rings. The average molecular weight is 370 g/mol. The predicted octanol–water partition coefficient (Wildman–Crippen LogP) is 1.31. The molecule has 3 N–H and O–H groups in total. The second kappa shape index (κ2) is 9.82. The molecular formula is C19H26N6O2. The Bertz CT molecular complexity index is 740. The van der Waals surface area contributed by atoms with Crippen LogP contribution in [0.5, 0.6) is 0 Å². The maximum atomic E-state index is 12.1. The second-order valence-corrected chi connectivity index (χ2v) is 6.81. The van der Waals surface area contributed by atoms with Crippen LogP contribution in [0.1, 0.15) is 31.2 Å². The number of nitrogens with zero attached hydrogens (tertiary/aromatic N) is 3. The van der Waals surface area contributed by atoms with E-state index in [-0.39, 0.29) is 24.3 Å². The first kappa shape index (κ1) is 19.0. The van der Waals surface area contributed by atoms with Gasteiger partial charge in [0.15, 0.2) is 0 Å². The molecule has 2 heterocycles. The second-order valence-electron chi connectivity index (χ2n) is 6.81. The Labute approximate surface area is 158 Å². The van der Waals surface area contributed by atoms with Crippen LogP contribution in [0.2, 0.25) is 0 Å². The van der Waals surface area contributed by atoms with Crippen LogP contribution >= 0.6 is 0 Å². The molecule has 0 saturated carbocycles. The van der Waals surface area contributed by atoms with Gasteiger partial charge in [0.05, 0.1) is 0 Å². The van der Waals surface area contributed by atoms with E-state index in [1.54, 1.807) is 0 Å². The standard InChI is InChI=1S/C19H26N6O2/c26-17(7-6-15-8-10-20-11-9-15)23-19-22-14-25(24-19)13-18(27)21-12-16-4-2-1-3-5-16/h1-5,14-15,20H,6-13H2,(H,21,27)(H,23,24,26). The minimum absolute atomic E-state index is 0.0603. The fourth-order valence-electron chi connectivity index (χ4n) is 3.12. The van der Waals surface area contributed by atoms with Crippen LogP contribution in [0.4, 0.5) is 5.95 Å². The average Bonchev–Trinajstić information content (AvgIpc) is 3.13. The molecule has 1 aliphatic heterocycles. The maximum absolute atomic E-state index is 12.1. The molecule has 0 bridgehead atoms. The summed E-state index contributed by atoms with van der Waals surface area (Å²) in [6.07, 6.45) is 5.05. The topological polar surface area (TPSA) is 101 Å². The van der Waals surface area contributed by atoms with Crippen LogP contribution in [0, 0.1) is 5.92 Å². The molecule has 2 amide bonds. The van der Waals surface area contributed by atoms with E-state index in [2.05, 4.69) is 26.0 Å². The highest BCUT2D eigenvalue weighted by atomic mass is 16.2. The van der Waals surface area contributed by atoms with E-state index in [1.165, 1.54) is 11.0 Å². The van der Waals surface area contributed by atoms with E-state index in [0.717, 1.165) is 37.9 Å². The van der Waals surface area contributed by atoms with Gasteiger partial charge in [0.2, 0.25) is 17.8 Å². The zero-order chi connectivity index (χ0) is 18.9. The number of anilines is 1. The van der Waals surface area contributed by atoms with Gasteiger partial charge in [0.25, 0.3) is 0 Å². The van der Waals surface area contributed by atoms with Crippen molar-refractivity contribution in [2.45, 2.75) is 38.8 Å². The molecule has 1 aromatic heterocycles. The Morgan fingerprint density at radius 2 is 1.93 bits per heavy atom. The van der Waals surface area contributed by atoms with Crippen LogP contribution < -0.4 is 16.0 Å². The Balaban J connectivity index is 1.38. The van der Waals surface area contributed by atoms with Gasteiger partial charge in [-0.1, -0.05) is 30.3 Å². The van der Waals surface area contributed by atoms with Crippen molar-refractivity contribution in [1.82, 2.24) is 25.4 Å². The molecule has 1 saturated heterocycles. The summed E-state index contributed by atoms with van der Waals surface area (Å²) in [6, 6.07) is 9.70. The molecule has 27 heavy (non-hydrogen) atoms. The van der Waals surface area contributed by atoms with Crippen molar-refractivity contribution in [3.8, 4) is 0 Å². The van der Waals surface area contributed by atoms with E-state index < -0.39 is 0 Å². The first-order chi connectivity index (χ1) is 13.2. The van der Waals surface area contributed by atoms with Crippen LogP contribution in [-0.2, 0) is 22.7 Å². The number of rotatable bonds is 8. The van der Waals surface area contributed by atoms with Crippen LogP contribution in [-0.4, -0.2) is 39.7 Å². The molecular weight excluding hydrogens is 344 g/mol. The summed E-state index contributed by atoms with van der Waals surface area (Å²) < 4.78 is 1.42. The highest BCUT2D eigenvalue weighted by Gasteiger charge is 2.15. The van der Waals surface area contributed by atoms with Crippen LogP contribution in [0.3, 0.4) is 0 Å². The van der Waals surface area contributed by atoms with Gasteiger partial charge in [-0.3, -0.25) is 14.9 Å². The minimum Gasteiger partial charge on any atom is -0.350 e. The molecule has 1 fully saturated rings. The summed E-state index contributed by atoms with van der Waals surface area (Å²) >= 11 is 0. The monoisotopic (exact) mass is 370 g/mol. The molecule has 8 heteroatoms. The van der Waals surface area contributed by atoms with Crippen molar-refractivity contribution in [2.75, 3.05) is 18.4 Å². The van der Waals surface area contributed by atoms with Crippen LogP contribution in [0.25, 0.3) is 0 Å². The third-order valence-electron chi connectivity index (χ3n) is 4.66. The minimum atomic E-state index is -0.160. The summed E-state index contributed by atoms with van der Waals surface area (Å²) in [5.41, 5.74) is 1.03. The largest absolute Gasteiger partial charge is 0.350 e. The van der Waals surface area contributed by atoms with E-state index in [1.807, 2.05) is 30.3 Å². The fourth-order valence-corrected chi connectivity index (χ4v) is 3.12. The maximum Gasteiger partial charge on any atom is 0.248 e.